The van der Waals surface area contributed by atoms with Crippen LogP contribution >= 0.6 is 27.5 Å². The Bertz CT molecular complexity index is 592. The number of benzene rings is 1. The molecule has 0 unspecified atom stereocenters. The largest absolute Gasteiger partial charge is 0.339 e. The van der Waals surface area contributed by atoms with Gasteiger partial charge in [-0.3, -0.25) is 4.79 Å². The lowest BCUT2D eigenvalue weighted by Gasteiger charge is -2.07. The van der Waals surface area contributed by atoms with E-state index in [1.54, 1.807) is 0 Å². The van der Waals surface area contributed by atoms with E-state index in [0.29, 0.717) is 5.82 Å². The lowest BCUT2D eigenvalue weighted by molar-refractivity contribution is 1.12. The predicted molar refractivity (Wildman–Crippen MR) is 72.0 cm³/mol. The molecular weight excluding hydrogens is 305 g/mol. The second-order valence-electron chi connectivity index (χ2n) is 3.54. The number of halogens is 2. The summed E-state index contributed by atoms with van der Waals surface area (Å²) in [6, 6.07) is 5.80. The van der Waals surface area contributed by atoms with E-state index in [-0.39, 0.29) is 10.6 Å². The van der Waals surface area contributed by atoms with Gasteiger partial charge < -0.3 is 10.3 Å². The Hall–Kier alpha value is -1.33. The Morgan fingerprint density at radius 1 is 1.41 bits per heavy atom. The summed E-state index contributed by atoms with van der Waals surface area (Å²) in [7, 11) is 0. The minimum Gasteiger partial charge on any atom is -0.339 e. The maximum atomic E-state index is 11.3. The fourth-order valence-corrected chi connectivity index (χ4v) is 2.17. The number of aromatic nitrogens is 2. The molecule has 1 aromatic carbocycles. The molecule has 0 bridgehead atoms. The van der Waals surface area contributed by atoms with Crippen LogP contribution < -0.4 is 10.9 Å². The normalized spacial score (nSPS) is 10.3. The first-order valence-electron chi connectivity index (χ1n) is 4.83. The average molecular weight is 315 g/mol. The Labute approximate surface area is 111 Å². The predicted octanol–water partition coefficient (Wildman–Crippen LogP) is 3.24. The molecule has 0 spiro atoms. The first-order valence-corrected chi connectivity index (χ1v) is 6.01. The highest BCUT2D eigenvalue weighted by Gasteiger charge is 2.06. The van der Waals surface area contributed by atoms with Crippen LogP contribution in [0.4, 0.5) is 11.5 Å². The molecule has 4 nitrogen and oxygen atoms in total. The summed E-state index contributed by atoms with van der Waals surface area (Å²) in [4.78, 5) is 17.7. The minimum atomic E-state index is -0.365. The van der Waals surface area contributed by atoms with Crippen LogP contribution in [0.15, 0.2) is 33.8 Å². The van der Waals surface area contributed by atoms with Crippen molar-refractivity contribution in [2.24, 2.45) is 0 Å². The molecular formula is C11H9BrClN3O. The number of hydrogen-bond donors (Lipinski definition) is 2. The van der Waals surface area contributed by atoms with Crippen LogP contribution in [0.3, 0.4) is 0 Å². The van der Waals surface area contributed by atoms with Crippen LogP contribution in [0.1, 0.15) is 5.56 Å². The van der Waals surface area contributed by atoms with Gasteiger partial charge >= 0.3 is 0 Å². The smallest absolute Gasteiger partial charge is 0.271 e. The van der Waals surface area contributed by atoms with E-state index in [0.717, 1.165) is 15.7 Å². The Balaban J connectivity index is 2.38. The van der Waals surface area contributed by atoms with Gasteiger partial charge in [-0.05, 0) is 30.7 Å². The zero-order chi connectivity index (χ0) is 12.4. The molecule has 6 heteroatoms. The molecule has 17 heavy (non-hydrogen) atoms. The molecule has 0 aliphatic carbocycles. The van der Waals surface area contributed by atoms with E-state index >= 15 is 0 Å². The number of nitrogens with one attached hydrogen (secondary N) is 2. The van der Waals surface area contributed by atoms with E-state index in [2.05, 4.69) is 31.2 Å². The van der Waals surface area contributed by atoms with Crippen LogP contribution in [-0.4, -0.2) is 9.97 Å². The Morgan fingerprint density at radius 2 is 2.18 bits per heavy atom. The Kier molecular flexibility index (Phi) is 3.49. The molecule has 1 heterocycles. The molecule has 0 aliphatic rings. The molecule has 2 aromatic rings. The number of hydrogen-bond acceptors (Lipinski definition) is 3. The van der Waals surface area contributed by atoms with Crippen molar-refractivity contribution in [3.8, 4) is 0 Å². The number of aromatic amines is 1. The molecule has 0 fully saturated rings. The van der Waals surface area contributed by atoms with Crippen LogP contribution in [-0.2, 0) is 0 Å². The Morgan fingerprint density at radius 3 is 2.88 bits per heavy atom. The monoisotopic (exact) mass is 313 g/mol. The summed E-state index contributed by atoms with van der Waals surface area (Å²) in [5.41, 5.74) is 1.54. The number of nitrogens with zero attached hydrogens (tertiary/aromatic N) is 1. The first kappa shape index (κ1) is 12.1. The molecule has 0 saturated heterocycles. The quantitative estimate of drug-likeness (QED) is 0.894. The van der Waals surface area contributed by atoms with Crippen molar-refractivity contribution >= 4 is 39.0 Å². The van der Waals surface area contributed by atoms with Gasteiger partial charge in [-0.15, -0.1) is 0 Å². The summed E-state index contributed by atoms with van der Waals surface area (Å²) in [5.74, 6) is 0.341. The number of H-pyrrole nitrogens is 1. The van der Waals surface area contributed by atoms with Gasteiger partial charge in [0.15, 0.2) is 5.82 Å². The van der Waals surface area contributed by atoms with Crippen LogP contribution in [0.5, 0.6) is 0 Å². The van der Waals surface area contributed by atoms with Crippen molar-refractivity contribution in [3.63, 3.8) is 0 Å². The minimum absolute atomic E-state index is 0.0464. The summed E-state index contributed by atoms with van der Waals surface area (Å²) in [5, 5.41) is 3.05. The molecule has 0 amide bonds. The maximum Gasteiger partial charge on any atom is 0.271 e. The summed E-state index contributed by atoms with van der Waals surface area (Å²) in [6.45, 7) is 1.97. The van der Waals surface area contributed by atoms with Gasteiger partial charge in [0.2, 0.25) is 0 Å². The van der Waals surface area contributed by atoms with Crippen LogP contribution in [0, 0.1) is 6.92 Å². The third-order valence-corrected chi connectivity index (χ3v) is 2.91. The molecule has 0 saturated carbocycles. The standard InChI is InChI=1S/C11H9BrClN3O/c1-6-2-7(12)4-8(3-6)16-10-9(13)11(17)15-5-14-10/h2-5H,1H3,(H2,14,15,16,17). The van der Waals surface area contributed by atoms with Crippen molar-refractivity contribution in [1.29, 1.82) is 0 Å². The SMILES string of the molecule is Cc1cc(Br)cc(Nc2nc[nH]c(=O)c2Cl)c1. The number of anilines is 2. The van der Waals surface area contributed by atoms with Gasteiger partial charge in [-0.2, -0.15) is 0 Å². The number of aryl methyl sites for hydroxylation is 1. The lowest BCUT2D eigenvalue weighted by Crippen LogP contribution is -2.09. The van der Waals surface area contributed by atoms with E-state index in [1.165, 1.54) is 6.33 Å². The van der Waals surface area contributed by atoms with Gasteiger partial charge in [-0.1, -0.05) is 27.5 Å². The van der Waals surface area contributed by atoms with E-state index in [1.807, 2.05) is 25.1 Å². The van der Waals surface area contributed by atoms with Gasteiger partial charge in [0.1, 0.15) is 5.02 Å². The van der Waals surface area contributed by atoms with E-state index < -0.39 is 0 Å². The molecule has 0 atom stereocenters. The lowest BCUT2D eigenvalue weighted by atomic mass is 10.2. The molecule has 1 aromatic heterocycles. The van der Waals surface area contributed by atoms with E-state index in [9.17, 15) is 4.79 Å². The zero-order valence-electron chi connectivity index (χ0n) is 8.92. The van der Waals surface area contributed by atoms with Crippen molar-refractivity contribution in [2.45, 2.75) is 6.92 Å². The summed E-state index contributed by atoms with van der Waals surface area (Å²) < 4.78 is 0.945. The highest BCUT2D eigenvalue weighted by Crippen LogP contribution is 2.23. The summed E-state index contributed by atoms with van der Waals surface area (Å²) >= 11 is 9.24. The first-order chi connectivity index (χ1) is 8.06. The topological polar surface area (TPSA) is 57.8 Å². The third-order valence-electron chi connectivity index (χ3n) is 2.10. The fraction of sp³-hybridized carbons (Fsp3) is 0.0909. The van der Waals surface area contributed by atoms with Gasteiger partial charge in [0, 0.05) is 10.2 Å². The molecule has 2 rings (SSSR count). The van der Waals surface area contributed by atoms with Gasteiger partial charge in [0.25, 0.3) is 5.56 Å². The molecule has 88 valence electrons. The molecule has 0 aliphatic heterocycles. The van der Waals surface area contributed by atoms with Crippen molar-refractivity contribution in [1.82, 2.24) is 9.97 Å². The van der Waals surface area contributed by atoms with Gasteiger partial charge in [0.05, 0.1) is 6.33 Å². The third kappa shape index (κ3) is 2.87. The molecule has 0 radical (unpaired) electrons. The number of rotatable bonds is 2. The van der Waals surface area contributed by atoms with E-state index in [4.69, 9.17) is 11.6 Å². The zero-order valence-corrected chi connectivity index (χ0v) is 11.3. The highest BCUT2D eigenvalue weighted by atomic mass is 79.9. The van der Waals surface area contributed by atoms with Crippen LogP contribution in [0.25, 0.3) is 0 Å². The molecule has 2 N–H and O–H groups in total. The maximum absolute atomic E-state index is 11.3. The van der Waals surface area contributed by atoms with Crippen molar-refractivity contribution in [3.05, 3.63) is 49.9 Å². The van der Waals surface area contributed by atoms with Crippen molar-refractivity contribution in [2.75, 3.05) is 5.32 Å². The van der Waals surface area contributed by atoms with Gasteiger partial charge in [-0.25, -0.2) is 4.98 Å². The van der Waals surface area contributed by atoms with Crippen molar-refractivity contribution < 1.29 is 0 Å². The second-order valence-corrected chi connectivity index (χ2v) is 4.83. The summed E-state index contributed by atoms with van der Waals surface area (Å²) in [6.07, 6.45) is 1.31. The second kappa shape index (κ2) is 4.89. The fourth-order valence-electron chi connectivity index (χ4n) is 1.42. The van der Waals surface area contributed by atoms with Crippen LogP contribution in [0.2, 0.25) is 5.02 Å². The average Bonchev–Trinajstić information content (AvgIpc) is 2.23. The highest BCUT2D eigenvalue weighted by molar-refractivity contribution is 9.10.